The van der Waals surface area contributed by atoms with E-state index in [2.05, 4.69) is 67.5 Å². The second kappa shape index (κ2) is 6.89. The van der Waals surface area contributed by atoms with Crippen molar-refractivity contribution in [2.24, 2.45) is 4.99 Å². The fourth-order valence-corrected chi connectivity index (χ4v) is 2.31. The summed E-state index contributed by atoms with van der Waals surface area (Å²) in [5, 5.41) is 9.90. The molecular formula is C14H26N4S. The molecule has 0 aliphatic rings. The number of hydrogen-bond donors (Lipinski definition) is 2. The Balaban J connectivity index is 2.68. The van der Waals surface area contributed by atoms with Gasteiger partial charge in [0.15, 0.2) is 5.96 Å². The maximum absolute atomic E-state index is 4.59. The van der Waals surface area contributed by atoms with E-state index in [0.29, 0.717) is 12.5 Å². The summed E-state index contributed by atoms with van der Waals surface area (Å²) in [5.41, 5.74) is 1.05. The average Bonchev–Trinajstić information content (AvgIpc) is 2.73. The summed E-state index contributed by atoms with van der Waals surface area (Å²) in [6.07, 6.45) is 0. The van der Waals surface area contributed by atoms with Crippen LogP contribution in [0.5, 0.6) is 0 Å². The van der Waals surface area contributed by atoms with E-state index in [1.54, 1.807) is 11.3 Å². The van der Waals surface area contributed by atoms with Gasteiger partial charge in [-0.3, -0.25) is 0 Å². The van der Waals surface area contributed by atoms with Crippen LogP contribution in [0.2, 0.25) is 0 Å². The van der Waals surface area contributed by atoms with Crippen molar-refractivity contribution in [3.8, 4) is 0 Å². The highest BCUT2D eigenvalue weighted by atomic mass is 32.1. The van der Waals surface area contributed by atoms with Crippen molar-refractivity contribution in [2.75, 3.05) is 6.54 Å². The number of guanidine groups is 1. The molecule has 0 unspecified atom stereocenters. The molecule has 0 spiro atoms. The van der Waals surface area contributed by atoms with E-state index in [0.717, 1.165) is 18.2 Å². The highest BCUT2D eigenvalue weighted by Crippen LogP contribution is 2.19. The van der Waals surface area contributed by atoms with Crippen molar-refractivity contribution >= 4 is 17.3 Å². The summed E-state index contributed by atoms with van der Waals surface area (Å²) < 4.78 is 0. The Morgan fingerprint density at radius 2 is 2.11 bits per heavy atom. The van der Waals surface area contributed by atoms with Gasteiger partial charge in [-0.15, -0.1) is 11.3 Å². The molecular weight excluding hydrogens is 256 g/mol. The number of aliphatic imine (C=N–C) groups is 1. The van der Waals surface area contributed by atoms with Gasteiger partial charge in [-0.05, 0) is 27.7 Å². The van der Waals surface area contributed by atoms with Crippen LogP contribution in [0.4, 0.5) is 0 Å². The van der Waals surface area contributed by atoms with E-state index in [1.807, 2.05) is 0 Å². The molecule has 19 heavy (non-hydrogen) atoms. The van der Waals surface area contributed by atoms with Crippen molar-refractivity contribution in [1.82, 2.24) is 15.6 Å². The first-order chi connectivity index (χ1) is 8.81. The van der Waals surface area contributed by atoms with Gasteiger partial charge in [0.2, 0.25) is 0 Å². The third-order valence-electron chi connectivity index (χ3n) is 2.30. The monoisotopic (exact) mass is 282 g/mol. The predicted molar refractivity (Wildman–Crippen MR) is 83.9 cm³/mol. The number of nitrogens with one attached hydrogen (secondary N) is 2. The Morgan fingerprint density at radius 3 is 2.58 bits per heavy atom. The van der Waals surface area contributed by atoms with E-state index >= 15 is 0 Å². The first kappa shape index (κ1) is 16.0. The number of nitrogens with zero attached hydrogens (tertiary/aromatic N) is 2. The van der Waals surface area contributed by atoms with E-state index in [1.165, 1.54) is 5.01 Å². The normalized spacial score (nSPS) is 12.9. The van der Waals surface area contributed by atoms with Crippen molar-refractivity contribution < 1.29 is 0 Å². The van der Waals surface area contributed by atoms with Crippen LogP contribution in [0.15, 0.2) is 10.4 Å². The summed E-state index contributed by atoms with van der Waals surface area (Å²) in [5.74, 6) is 1.33. The zero-order valence-corrected chi connectivity index (χ0v) is 13.7. The smallest absolute Gasteiger partial charge is 0.192 e. The van der Waals surface area contributed by atoms with Gasteiger partial charge in [-0.2, -0.15) is 0 Å². The Bertz CT molecular complexity index is 415. The largest absolute Gasteiger partial charge is 0.357 e. The van der Waals surface area contributed by atoms with Crippen molar-refractivity contribution in [1.29, 1.82) is 0 Å². The van der Waals surface area contributed by atoms with E-state index in [4.69, 9.17) is 0 Å². The van der Waals surface area contributed by atoms with Crippen LogP contribution in [-0.2, 0) is 6.54 Å². The molecule has 0 radical (unpaired) electrons. The lowest BCUT2D eigenvalue weighted by molar-refractivity contribution is 0.501. The van der Waals surface area contributed by atoms with Crippen molar-refractivity contribution in [3.63, 3.8) is 0 Å². The minimum absolute atomic E-state index is 0.00612. The predicted octanol–water partition coefficient (Wildman–Crippen LogP) is 3.12. The number of aromatic nitrogens is 1. The molecule has 4 nitrogen and oxygen atoms in total. The van der Waals surface area contributed by atoms with Gasteiger partial charge < -0.3 is 10.6 Å². The molecule has 2 N–H and O–H groups in total. The minimum Gasteiger partial charge on any atom is -0.357 e. The average molecular weight is 282 g/mol. The second-order valence-electron chi connectivity index (χ2n) is 5.90. The van der Waals surface area contributed by atoms with Crippen LogP contribution in [0.3, 0.4) is 0 Å². The van der Waals surface area contributed by atoms with Gasteiger partial charge in [0, 0.05) is 23.4 Å². The summed E-state index contributed by atoms with van der Waals surface area (Å²) >= 11 is 1.71. The maximum Gasteiger partial charge on any atom is 0.192 e. The quantitative estimate of drug-likeness (QED) is 0.659. The summed E-state index contributed by atoms with van der Waals surface area (Å²) in [6.45, 7) is 14.2. The van der Waals surface area contributed by atoms with E-state index < -0.39 is 0 Å². The summed E-state index contributed by atoms with van der Waals surface area (Å²) in [6, 6.07) is 0. The van der Waals surface area contributed by atoms with Crippen LogP contribution in [0.1, 0.15) is 58.2 Å². The van der Waals surface area contributed by atoms with Gasteiger partial charge in [0.25, 0.3) is 0 Å². The minimum atomic E-state index is 0.00612. The molecule has 1 rings (SSSR count). The van der Waals surface area contributed by atoms with Gasteiger partial charge >= 0.3 is 0 Å². The Kier molecular flexibility index (Phi) is 5.79. The highest BCUT2D eigenvalue weighted by molar-refractivity contribution is 7.09. The first-order valence-electron chi connectivity index (χ1n) is 6.82. The van der Waals surface area contributed by atoms with Crippen LogP contribution < -0.4 is 10.6 Å². The van der Waals surface area contributed by atoms with Crippen LogP contribution in [0, 0.1) is 0 Å². The van der Waals surface area contributed by atoms with Crippen molar-refractivity contribution in [2.45, 2.75) is 59.5 Å². The number of thiazole rings is 1. The lowest BCUT2D eigenvalue weighted by Crippen LogP contribution is -2.47. The fraction of sp³-hybridized carbons (Fsp3) is 0.714. The van der Waals surface area contributed by atoms with Gasteiger partial charge in [-0.25, -0.2) is 9.98 Å². The number of rotatable bonds is 4. The summed E-state index contributed by atoms with van der Waals surface area (Å²) in [4.78, 5) is 9.17. The molecule has 0 amide bonds. The van der Waals surface area contributed by atoms with E-state index in [-0.39, 0.29) is 5.54 Å². The second-order valence-corrected chi connectivity index (χ2v) is 6.79. The van der Waals surface area contributed by atoms with Crippen LogP contribution >= 0.6 is 11.3 Å². The highest BCUT2D eigenvalue weighted by Gasteiger charge is 2.12. The molecule has 0 atom stereocenters. The third kappa shape index (κ3) is 6.05. The van der Waals surface area contributed by atoms with Crippen LogP contribution in [0.25, 0.3) is 0 Å². The first-order valence-corrected chi connectivity index (χ1v) is 7.70. The SMILES string of the molecule is CCNC(=NCc1csc(C(C)C)n1)NC(C)(C)C. The maximum atomic E-state index is 4.59. The molecule has 5 heteroatoms. The van der Waals surface area contributed by atoms with Gasteiger partial charge in [-0.1, -0.05) is 13.8 Å². The molecule has 0 saturated carbocycles. The van der Waals surface area contributed by atoms with E-state index in [9.17, 15) is 0 Å². The standard InChI is InChI=1S/C14H26N4S/c1-7-15-13(18-14(4,5)6)16-8-11-9-19-12(17-11)10(2)3/h9-10H,7-8H2,1-6H3,(H2,15,16,18). The van der Waals surface area contributed by atoms with Gasteiger partial charge in [0.05, 0.1) is 17.2 Å². The third-order valence-corrected chi connectivity index (χ3v) is 3.49. The Labute approximate surface area is 120 Å². The lowest BCUT2D eigenvalue weighted by atomic mass is 10.1. The van der Waals surface area contributed by atoms with Crippen molar-refractivity contribution in [3.05, 3.63) is 16.1 Å². The lowest BCUT2D eigenvalue weighted by Gasteiger charge is -2.23. The topological polar surface area (TPSA) is 49.3 Å². The number of hydrogen-bond acceptors (Lipinski definition) is 3. The Hall–Kier alpha value is -1.10. The molecule has 0 aliphatic carbocycles. The zero-order valence-electron chi connectivity index (χ0n) is 12.9. The van der Waals surface area contributed by atoms with Crippen LogP contribution in [-0.4, -0.2) is 23.0 Å². The zero-order chi connectivity index (χ0) is 14.5. The Morgan fingerprint density at radius 1 is 1.42 bits per heavy atom. The molecule has 0 aliphatic heterocycles. The summed E-state index contributed by atoms with van der Waals surface area (Å²) in [7, 11) is 0. The molecule has 1 aromatic heterocycles. The molecule has 0 bridgehead atoms. The molecule has 1 heterocycles. The molecule has 0 aromatic carbocycles. The fourth-order valence-electron chi connectivity index (χ4n) is 1.48. The molecule has 0 saturated heterocycles. The molecule has 1 aromatic rings. The molecule has 108 valence electrons. The molecule has 0 fully saturated rings. The van der Waals surface area contributed by atoms with Gasteiger partial charge in [0.1, 0.15) is 0 Å².